The molecule has 1 rings (SSSR count). The fourth-order valence-corrected chi connectivity index (χ4v) is 1.15. The number of aliphatic hydroxyl groups excluding tert-OH is 1. The zero-order valence-electron chi connectivity index (χ0n) is 9.03. The van der Waals surface area contributed by atoms with Crippen molar-refractivity contribution in [1.29, 1.82) is 0 Å². The minimum Gasteiger partial charge on any atom is -0.393 e. The van der Waals surface area contributed by atoms with Crippen molar-refractivity contribution >= 4 is 11.6 Å². The number of anilines is 1. The molecule has 15 heavy (non-hydrogen) atoms. The van der Waals surface area contributed by atoms with E-state index >= 15 is 0 Å². The van der Waals surface area contributed by atoms with Crippen LogP contribution in [0.25, 0.3) is 0 Å². The van der Waals surface area contributed by atoms with E-state index in [0.29, 0.717) is 12.8 Å². The zero-order valence-corrected chi connectivity index (χ0v) is 9.03. The Labute approximate surface area is 89.3 Å². The molecule has 0 aliphatic rings. The summed E-state index contributed by atoms with van der Waals surface area (Å²) in [4.78, 5) is 15.3. The van der Waals surface area contributed by atoms with Gasteiger partial charge < -0.3 is 10.4 Å². The lowest BCUT2D eigenvalue weighted by Crippen LogP contribution is -2.14. The van der Waals surface area contributed by atoms with Crippen LogP contribution in [0.15, 0.2) is 18.5 Å². The number of nitrogens with one attached hydrogen (secondary N) is 1. The Morgan fingerprint density at radius 2 is 2.40 bits per heavy atom. The van der Waals surface area contributed by atoms with Gasteiger partial charge in [0.25, 0.3) is 0 Å². The Hall–Kier alpha value is -1.42. The summed E-state index contributed by atoms with van der Waals surface area (Å²) in [5.41, 5.74) is 1.71. The molecular weight excluding hydrogens is 192 g/mol. The number of carbonyl (C=O) groups is 1. The van der Waals surface area contributed by atoms with Gasteiger partial charge in [-0.05, 0) is 31.9 Å². The quantitative estimate of drug-likeness (QED) is 0.788. The third-order valence-electron chi connectivity index (χ3n) is 2.10. The molecule has 1 aromatic heterocycles. The summed E-state index contributed by atoms with van der Waals surface area (Å²) in [5, 5.41) is 11.8. The van der Waals surface area contributed by atoms with Gasteiger partial charge in [-0.1, -0.05) is 0 Å². The van der Waals surface area contributed by atoms with Crippen molar-refractivity contribution in [3.8, 4) is 0 Å². The third kappa shape index (κ3) is 4.08. The monoisotopic (exact) mass is 208 g/mol. The van der Waals surface area contributed by atoms with Crippen LogP contribution in [0.1, 0.15) is 25.3 Å². The second-order valence-corrected chi connectivity index (χ2v) is 3.63. The SMILES string of the molecule is Cc1ccncc1NC(=O)CCC(C)O. The minimum absolute atomic E-state index is 0.0907. The molecule has 4 nitrogen and oxygen atoms in total. The maximum Gasteiger partial charge on any atom is 0.224 e. The summed E-state index contributed by atoms with van der Waals surface area (Å²) in [7, 11) is 0. The number of amides is 1. The van der Waals surface area contributed by atoms with E-state index in [-0.39, 0.29) is 5.91 Å². The number of nitrogens with zero attached hydrogens (tertiary/aromatic N) is 1. The molecular formula is C11H16N2O2. The number of hydrogen-bond acceptors (Lipinski definition) is 3. The van der Waals surface area contributed by atoms with Gasteiger partial charge in [-0.15, -0.1) is 0 Å². The second-order valence-electron chi connectivity index (χ2n) is 3.63. The average molecular weight is 208 g/mol. The largest absolute Gasteiger partial charge is 0.393 e. The molecule has 0 saturated heterocycles. The van der Waals surface area contributed by atoms with E-state index < -0.39 is 6.10 Å². The highest BCUT2D eigenvalue weighted by molar-refractivity contribution is 5.91. The van der Waals surface area contributed by atoms with Gasteiger partial charge >= 0.3 is 0 Å². The van der Waals surface area contributed by atoms with Crippen molar-refractivity contribution in [2.45, 2.75) is 32.8 Å². The number of aliphatic hydroxyl groups is 1. The lowest BCUT2D eigenvalue weighted by molar-refractivity contribution is -0.116. The summed E-state index contributed by atoms with van der Waals surface area (Å²) in [6.07, 6.45) is 3.67. The van der Waals surface area contributed by atoms with Crippen LogP contribution in [0.4, 0.5) is 5.69 Å². The summed E-state index contributed by atoms with van der Waals surface area (Å²) >= 11 is 0. The van der Waals surface area contributed by atoms with Crippen molar-refractivity contribution in [3.05, 3.63) is 24.0 Å². The van der Waals surface area contributed by atoms with Crippen LogP contribution < -0.4 is 5.32 Å². The first-order valence-electron chi connectivity index (χ1n) is 4.98. The third-order valence-corrected chi connectivity index (χ3v) is 2.10. The van der Waals surface area contributed by atoms with Crippen molar-refractivity contribution in [3.63, 3.8) is 0 Å². The molecule has 0 radical (unpaired) electrons. The number of rotatable bonds is 4. The van der Waals surface area contributed by atoms with Gasteiger partial charge in [0.2, 0.25) is 5.91 Å². The Kier molecular flexibility index (Phi) is 4.24. The first kappa shape index (κ1) is 11.7. The van der Waals surface area contributed by atoms with Gasteiger partial charge in [-0.25, -0.2) is 0 Å². The number of aryl methyl sites for hydroxylation is 1. The lowest BCUT2D eigenvalue weighted by atomic mass is 10.2. The maximum atomic E-state index is 11.4. The highest BCUT2D eigenvalue weighted by atomic mass is 16.3. The molecule has 0 aliphatic heterocycles. The highest BCUT2D eigenvalue weighted by Crippen LogP contribution is 2.12. The number of aromatic nitrogens is 1. The second kappa shape index (κ2) is 5.46. The van der Waals surface area contributed by atoms with Crippen molar-refractivity contribution in [1.82, 2.24) is 4.98 Å². The van der Waals surface area contributed by atoms with E-state index in [1.165, 1.54) is 0 Å². The summed E-state index contributed by atoms with van der Waals surface area (Å²) in [6.45, 7) is 3.58. The van der Waals surface area contributed by atoms with Gasteiger partial charge in [0.05, 0.1) is 18.0 Å². The van der Waals surface area contributed by atoms with Gasteiger partial charge in [-0.3, -0.25) is 9.78 Å². The zero-order chi connectivity index (χ0) is 11.3. The lowest BCUT2D eigenvalue weighted by Gasteiger charge is -2.08. The summed E-state index contributed by atoms with van der Waals surface area (Å²) < 4.78 is 0. The molecule has 1 atom stereocenters. The first-order chi connectivity index (χ1) is 7.09. The normalized spacial score (nSPS) is 12.2. The molecule has 1 heterocycles. The Bertz CT molecular complexity index is 337. The van der Waals surface area contributed by atoms with E-state index in [2.05, 4.69) is 10.3 Å². The number of hydrogen-bond donors (Lipinski definition) is 2. The van der Waals surface area contributed by atoms with Gasteiger partial charge in [0.15, 0.2) is 0 Å². The predicted molar refractivity (Wildman–Crippen MR) is 58.5 cm³/mol. The Morgan fingerprint density at radius 3 is 3.00 bits per heavy atom. The van der Waals surface area contributed by atoms with Gasteiger partial charge in [0, 0.05) is 12.6 Å². The minimum atomic E-state index is -0.439. The van der Waals surface area contributed by atoms with Crippen LogP contribution in [0, 0.1) is 6.92 Å². The fourth-order valence-electron chi connectivity index (χ4n) is 1.15. The topological polar surface area (TPSA) is 62.2 Å². The van der Waals surface area contributed by atoms with E-state index in [1.807, 2.05) is 13.0 Å². The van der Waals surface area contributed by atoms with Crippen molar-refractivity contribution in [2.75, 3.05) is 5.32 Å². The Balaban J connectivity index is 2.48. The molecule has 1 amide bonds. The molecule has 0 aromatic carbocycles. The van der Waals surface area contributed by atoms with E-state index in [0.717, 1.165) is 11.3 Å². The van der Waals surface area contributed by atoms with E-state index in [4.69, 9.17) is 5.11 Å². The molecule has 2 N–H and O–H groups in total. The van der Waals surface area contributed by atoms with Crippen molar-refractivity contribution in [2.24, 2.45) is 0 Å². The first-order valence-corrected chi connectivity index (χ1v) is 4.98. The molecule has 0 saturated carbocycles. The number of carbonyl (C=O) groups excluding carboxylic acids is 1. The predicted octanol–water partition coefficient (Wildman–Crippen LogP) is 1.49. The van der Waals surface area contributed by atoms with Crippen molar-refractivity contribution < 1.29 is 9.90 Å². The maximum absolute atomic E-state index is 11.4. The smallest absolute Gasteiger partial charge is 0.224 e. The molecule has 0 bridgehead atoms. The molecule has 1 unspecified atom stereocenters. The van der Waals surface area contributed by atoms with Crippen LogP contribution in [-0.4, -0.2) is 22.1 Å². The van der Waals surface area contributed by atoms with Crippen LogP contribution in [0.5, 0.6) is 0 Å². The van der Waals surface area contributed by atoms with Crippen LogP contribution in [0.2, 0.25) is 0 Å². The summed E-state index contributed by atoms with van der Waals surface area (Å²) in [6, 6.07) is 1.84. The van der Waals surface area contributed by atoms with Gasteiger partial charge in [0.1, 0.15) is 0 Å². The van der Waals surface area contributed by atoms with Crippen LogP contribution in [-0.2, 0) is 4.79 Å². The van der Waals surface area contributed by atoms with Crippen LogP contribution in [0.3, 0.4) is 0 Å². The van der Waals surface area contributed by atoms with E-state index in [1.54, 1.807) is 19.3 Å². The standard InChI is InChI=1S/C11H16N2O2/c1-8-5-6-12-7-10(8)13-11(15)4-3-9(2)14/h5-7,9,14H,3-4H2,1-2H3,(H,13,15). The number of pyridine rings is 1. The molecule has 1 aromatic rings. The average Bonchev–Trinajstić information content (AvgIpc) is 2.18. The molecule has 0 spiro atoms. The Morgan fingerprint density at radius 1 is 1.67 bits per heavy atom. The molecule has 82 valence electrons. The van der Waals surface area contributed by atoms with Crippen LogP contribution >= 0.6 is 0 Å². The molecule has 0 aliphatic carbocycles. The molecule has 4 heteroatoms. The fraction of sp³-hybridized carbons (Fsp3) is 0.455. The molecule has 0 fully saturated rings. The van der Waals surface area contributed by atoms with Gasteiger partial charge in [-0.2, -0.15) is 0 Å². The highest BCUT2D eigenvalue weighted by Gasteiger charge is 2.06. The van der Waals surface area contributed by atoms with E-state index in [9.17, 15) is 4.79 Å². The summed E-state index contributed by atoms with van der Waals surface area (Å²) in [5.74, 6) is -0.0907.